The number of rotatable bonds is 7. The summed E-state index contributed by atoms with van der Waals surface area (Å²) in [5.74, 6) is 0.536. The Kier molecular flexibility index (Phi) is 6.43. The third-order valence-electron chi connectivity index (χ3n) is 6.88. The summed E-state index contributed by atoms with van der Waals surface area (Å²) in [4.78, 5) is 11.7. The van der Waals surface area contributed by atoms with Gasteiger partial charge in [-0.05, 0) is 53.9 Å². The quantitative estimate of drug-likeness (QED) is 0.340. The van der Waals surface area contributed by atoms with Crippen LogP contribution in [0.4, 0.5) is 0 Å². The van der Waals surface area contributed by atoms with E-state index >= 15 is 0 Å². The van der Waals surface area contributed by atoms with E-state index in [0.29, 0.717) is 18.7 Å². The van der Waals surface area contributed by atoms with Crippen molar-refractivity contribution in [1.82, 2.24) is 5.32 Å². The maximum atomic E-state index is 11.7. The standard InChI is InChI=1S/C30H29NO4/c1-19(23-12-7-9-20-8-3-4-10-24(20)23)31-18-22-17-26(25-11-5-6-13-29(25)35-22)27-16-21(30(32)33)14-15-28(27)34-2/h3-16,19,22,26,31H,17-18H2,1-2H3,(H,32,33)/t19-,22-,26-/m1/s1. The van der Waals surface area contributed by atoms with Crippen LogP contribution in [-0.2, 0) is 0 Å². The lowest BCUT2D eigenvalue weighted by molar-refractivity contribution is 0.0696. The molecular formula is C30H29NO4. The van der Waals surface area contributed by atoms with E-state index in [4.69, 9.17) is 9.47 Å². The second kappa shape index (κ2) is 9.80. The molecule has 4 aromatic carbocycles. The van der Waals surface area contributed by atoms with Crippen LogP contribution < -0.4 is 14.8 Å². The fourth-order valence-electron chi connectivity index (χ4n) is 5.10. The molecule has 1 aliphatic heterocycles. The van der Waals surface area contributed by atoms with E-state index in [2.05, 4.69) is 60.8 Å². The molecule has 5 heteroatoms. The van der Waals surface area contributed by atoms with Crippen molar-refractivity contribution in [1.29, 1.82) is 0 Å². The van der Waals surface area contributed by atoms with Crippen molar-refractivity contribution in [3.63, 3.8) is 0 Å². The Morgan fingerprint density at radius 1 is 1.03 bits per heavy atom. The van der Waals surface area contributed by atoms with Crippen molar-refractivity contribution in [3.05, 3.63) is 107 Å². The molecule has 0 aromatic heterocycles. The second-order valence-electron chi connectivity index (χ2n) is 9.03. The summed E-state index contributed by atoms with van der Waals surface area (Å²) in [6.07, 6.45) is 0.636. The Morgan fingerprint density at radius 3 is 2.63 bits per heavy atom. The molecule has 0 aliphatic carbocycles. The molecule has 0 radical (unpaired) electrons. The van der Waals surface area contributed by atoms with E-state index in [0.717, 1.165) is 16.9 Å². The maximum Gasteiger partial charge on any atom is 0.335 e. The number of carboxylic acid groups (broad SMARTS) is 1. The van der Waals surface area contributed by atoms with Crippen LogP contribution in [0.1, 0.15) is 52.4 Å². The highest BCUT2D eigenvalue weighted by molar-refractivity contribution is 5.88. The number of fused-ring (bicyclic) bond motifs is 2. The molecule has 0 saturated carbocycles. The summed E-state index contributed by atoms with van der Waals surface area (Å²) < 4.78 is 12.0. The highest BCUT2D eigenvalue weighted by atomic mass is 16.5. The molecule has 0 saturated heterocycles. The molecule has 0 spiro atoms. The molecule has 5 nitrogen and oxygen atoms in total. The van der Waals surface area contributed by atoms with Crippen molar-refractivity contribution < 1.29 is 19.4 Å². The highest BCUT2D eigenvalue weighted by Crippen LogP contribution is 2.43. The maximum absolute atomic E-state index is 11.7. The normalized spacial score (nSPS) is 17.9. The molecule has 3 atom stereocenters. The van der Waals surface area contributed by atoms with Crippen molar-refractivity contribution in [2.45, 2.75) is 31.4 Å². The predicted octanol–water partition coefficient (Wildman–Crippen LogP) is 6.18. The summed E-state index contributed by atoms with van der Waals surface area (Å²) in [5.41, 5.74) is 3.43. The van der Waals surface area contributed by atoms with Crippen LogP contribution in [0.25, 0.3) is 10.8 Å². The van der Waals surface area contributed by atoms with Gasteiger partial charge in [-0.3, -0.25) is 0 Å². The predicted molar refractivity (Wildman–Crippen MR) is 138 cm³/mol. The summed E-state index contributed by atoms with van der Waals surface area (Å²) in [6.45, 7) is 2.84. The second-order valence-corrected chi connectivity index (χ2v) is 9.03. The van der Waals surface area contributed by atoms with Gasteiger partial charge in [-0.2, -0.15) is 0 Å². The van der Waals surface area contributed by atoms with Crippen molar-refractivity contribution in [2.24, 2.45) is 0 Å². The van der Waals surface area contributed by atoms with Crippen molar-refractivity contribution in [2.75, 3.05) is 13.7 Å². The molecule has 4 aromatic rings. The zero-order chi connectivity index (χ0) is 24.4. The Balaban J connectivity index is 1.41. The summed E-state index contributed by atoms with van der Waals surface area (Å²) in [5, 5.41) is 15.7. The molecule has 1 heterocycles. The minimum atomic E-state index is -0.948. The van der Waals surface area contributed by atoms with E-state index in [1.807, 2.05) is 18.2 Å². The lowest BCUT2D eigenvalue weighted by Crippen LogP contribution is -2.37. The Labute approximate surface area is 205 Å². The van der Waals surface area contributed by atoms with Gasteiger partial charge in [0.1, 0.15) is 17.6 Å². The zero-order valence-electron chi connectivity index (χ0n) is 19.9. The molecule has 2 N–H and O–H groups in total. The lowest BCUT2D eigenvalue weighted by Gasteiger charge is -2.34. The van der Waals surface area contributed by atoms with Gasteiger partial charge >= 0.3 is 5.97 Å². The molecule has 0 bridgehead atoms. The summed E-state index contributed by atoms with van der Waals surface area (Å²) in [6, 6.07) is 28.0. The molecular weight excluding hydrogens is 438 g/mol. The van der Waals surface area contributed by atoms with Gasteiger partial charge in [0.15, 0.2) is 0 Å². The molecule has 178 valence electrons. The third kappa shape index (κ3) is 4.60. The van der Waals surface area contributed by atoms with Gasteiger partial charge < -0.3 is 19.9 Å². The molecule has 1 aliphatic rings. The number of hydrogen-bond acceptors (Lipinski definition) is 4. The van der Waals surface area contributed by atoms with Gasteiger partial charge in [0, 0.05) is 29.6 Å². The monoisotopic (exact) mass is 467 g/mol. The van der Waals surface area contributed by atoms with Crippen LogP contribution >= 0.6 is 0 Å². The first kappa shape index (κ1) is 22.9. The largest absolute Gasteiger partial charge is 0.496 e. The van der Waals surface area contributed by atoms with Gasteiger partial charge in [-0.15, -0.1) is 0 Å². The number of ether oxygens (including phenoxy) is 2. The van der Waals surface area contributed by atoms with E-state index < -0.39 is 5.97 Å². The molecule has 0 fully saturated rings. The molecule has 0 unspecified atom stereocenters. The van der Waals surface area contributed by atoms with E-state index in [9.17, 15) is 9.90 Å². The number of para-hydroxylation sites is 1. The average molecular weight is 468 g/mol. The van der Waals surface area contributed by atoms with Crippen LogP contribution in [0, 0.1) is 0 Å². The van der Waals surface area contributed by atoms with Crippen LogP contribution in [0.3, 0.4) is 0 Å². The minimum absolute atomic E-state index is 0.0335. The van der Waals surface area contributed by atoms with Gasteiger partial charge in [0.05, 0.1) is 12.7 Å². The Hall–Kier alpha value is -3.83. The van der Waals surface area contributed by atoms with E-state index in [-0.39, 0.29) is 23.6 Å². The first-order valence-electron chi connectivity index (χ1n) is 11.9. The lowest BCUT2D eigenvalue weighted by atomic mass is 9.83. The van der Waals surface area contributed by atoms with Gasteiger partial charge in [0.25, 0.3) is 0 Å². The number of methoxy groups -OCH3 is 1. The van der Waals surface area contributed by atoms with Crippen LogP contribution in [0.15, 0.2) is 84.9 Å². The summed E-state index contributed by atoms with van der Waals surface area (Å²) >= 11 is 0. The van der Waals surface area contributed by atoms with Gasteiger partial charge in [-0.25, -0.2) is 4.79 Å². The molecule has 35 heavy (non-hydrogen) atoms. The number of nitrogens with one attached hydrogen (secondary N) is 1. The topological polar surface area (TPSA) is 67.8 Å². The van der Waals surface area contributed by atoms with Crippen LogP contribution in [0.5, 0.6) is 11.5 Å². The van der Waals surface area contributed by atoms with E-state index in [1.54, 1.807) is 25.3 Å². The summed E-state index contributed by atoms with van der Waals surface area (Å²) in [7, 11) is 1.62. The Morgan fingerprint density at radius 2 is 1.80 bits per heavy atom. The van der Waals surface area contributed by atoms with Crippen molar-refractivity contribution >= 4 is 16.7 Å². The first-order valence-corrected chi connectivity index (χ1v) is 11.9. The average Bonchev–Trinajstić information content (AvgIpc) is 2.90. The number of aromatic carboxylic acids is 1. The number of carboxylic acids is 1. The zero-order valence-corrected chi connectivity index (χ0v) is 19.9. The molecule has 0 amide bonds. The smallest absolute Gasteiger partial charge is 0.335 e. The minimum Gasteiger partial charge on any atom is -0.496 e. The van der Waals surface area contributed by atoms with Gasteiger partial charge in [-0.1, -0.05) is 60.7 Å². The molecule has 5 rings (SSSR count). The SMILES string of the molecule is COc1ccc(C(=O)O)cc1[C@@H]1C[C@H](CN[C@H](C)c2cccc3ccccc23)Oc2ccccc21. The van der Waals surface area contributed by atoms with Crippen molar-refractivity contribution in [3.8, 4) is 11.5 Å². The van der Waals surface area contributed by atoms with Crippen LogP contribution in [0.2, 0.25) is 0 Å². The number of carbonyl (C=O) groups is 1. The fraction of sp³-hybridized carbons (Fsp3) is 0.233. The Bertz CT molecular complexity index is 1360. The fourth-order valence-corrected chi connectivity index (χ4v) is 5.10. The number of benzene rings is 4. The van der Waals surface area contributed by atoms with Crippen LogP contribution in [-0.4, -0.2) is 30.8 Å². The third-order valence-corrected chi connectivity index (χ3v) is 6.88. The first-order chi connectivity index (χ1) is 17.0. The van der Waals surface area contributed by atoms with Gasteiger partial charge in [0.2, 0.25) is 0 Å². The highest BCUT2D eigenvalue weighted by Gasteiger charge is 2.31. The van der Waals surface area contributed by atoms with E-state index in [1.165, 1.54) is 16.3 Å². The number of hydrogen-bond donors (Lipinski definition) is 2.